The molecule has 0 saturated heterocycles. The molecule has 0 aliphatic heterocycles. The Balaban J connectivity index is 1.75. The average molecular weight is 343 g/mol. The first kappa shape index (κ1) is 14.9. The molecule has 3 nitrogen and oxygen atoms in total. The van der Waals surface area contributed by atoms with Crippen molar-refractivity contribution in [1.82, 2.24) is 5.32 Å². The Labute approximate surface area is 127 Å². The maximum Gasteiger partial charge on any atom is 0.238 e. The van der Waals surface area contributed by atoms with E-state index in [1.54, 1.807) is 0 Å². The minimum Gasteiger partial charge on any atom is -0.324 e. The summed E-state index contributed by atoms with van der Waals surface area (Å²) in [5.74, 6) is 0.00229. The Morgan fingerprint density at radius 1 is 1.42 bits per heavy atom. The van der Waals surface area contributed by atoms with Gasteiger partial charge in [0.25, 0.3) is 0 Å². The molecule has 2 N–H and O–H groups in total. The number of halogens is 1. The molecule has 0 unspecified atom stereocenters. The van der Waals surface area contributed by atoms with Gasteiger partial charge in [0.15, 0.2) is 0 Å². The standard InChI is InChI=1S/C14H19BrN2OS/c1-19-14(7-4-8-14)10-16-9-13(18)17-12-6-3-2-5-11(12)15/h2-3,5-6,16H,4,7-10H2,1H3,(H,17,18). The third kappa shape index (κ3) is 3.97. The SMILES string of the molecule is CSC1(CNCC(=O)Nc2ccccc2Br)CCC1. The molecule has 1 aromatic carbocycles. The molecule has 1 aliphatic rings. The highest BCUT2D eigenvalue weighted by molar-refractivity contribution is 9.10. The van der Waals surface area contributed by atoms with E-state index in [9.17, 15) is 4.79 Å². The first-order chi connectivity index (χ1) is 9.15. The summed E-state index contributed by atoms with van der Waals surface area (Å²) in [5.41, 5.74) is 0.817. The largest absolute Gasteiger partial charge is 0.324 e. The summed E-state index contributed by atoms with van der Waals surface area (Å²) in [5, 5.41) is 6.17. The van der Waals surface area contributed by atoms with Gasteiger partial charge in [-0.05, 0) is 47.2 Å². The number of hydrogen-bond donors (Lipinski definition) is 2. The lowest BCUT2D eigenvalue weighted by Crippen LogP contribution is -2.45. The highest BCUT2D eigenvalue weighted by Crippen LogP contribution is 2.42. The number of carbonyl (C=O) groups is 1. The Bertz CT molecular complexity index is 443. The Kier molecular flexibility index (Phi) is 5.30. The maximum atomic E-state index is 11.8. The van der Waals surface area contributed by atoms with Gasteiger partial charge in [-0.25, -0.2) is 0 Å². The summed E-state index contributed by atoms with van der Waals surface area (Å²) in [6.07, 6.45) is 5.98. The van der Waals surface area contributed by atoms with Gasteiger partial charge in [0.2, 0.25) is 5.91 Å². The monoisotopic (exact) mass is 342 g/mol. The number of benzene rings is 1. The molecule has 104 valence electrons. The second-order valence-corrected chi connectivity index (χ2v) is 7.00. The van der Waals surface area contributed by atoms with Crippen LogP contribution in [0.1, 0.15) is 19.3 Å². The van der Waals surface area contributed by atoms with Crippen molar-refractivity contribution in [2.24, 2.45) is 0 Å². The smallest absolute Gasteiger partial charge is 0.238 e. The average Bonchev–Trinajstić information content (AvgIpc) is 2.35. The van der Waals surface area contributed by atoms with Gasteiger partial charge in [0.1, 0.15) is 0 Å². The van der Waals surface area contributed by atoms with E-state index in [2.05, 4.69) is 32.8 Å². The Morgan fingerprint density at radius 2 is 2.16 bits per heavy atom. The van der Waals surface area contributed by atoms with E-state index in [1.165, 1.54) is 19.3 Å². The Morgan fingerprint density at radius 3 is 2.74 bits per heavy atom. The molecule has 0 aromatic heterocycles. The first-order valence-electron chi connectivity index (χ1n) is 6.45. The summed E-state index contributed by atoms with van der Waals surface area (Å²) in [7, 11) is 0. The summed E-state index contributed by atoms with van der Waals surface area (Å²) >= 11 is 5.33. The summed E-state index contributed by atoms with van der Waals surface area (Å²) in [6.45, 7) is 1.28. The number of para-hydroxylation sites is 1. The lowest BCUT2D eigenvalue weighted by Gasteiger charge is -2.40. The van der Waals surface area contributed by atoms with E-state index in [1.807, 2.05) is 36.0 Å². The lowest BCUT2D eigenvalue weighted by atomic mass is 9.84. The molecule has 0 spiro atoms. The quantitative estimate of drug-likeness (QED) is 0.833. The molecule has 19 heavy (non-hydrogen) atoms. The molecule has 1 aromatic rings. The molecule has 0 bridgehead atoms. The van der Waals surface area contributed by atoms with Crippen LogP contribution >= 0.6 is 27.7 Å². The van der Waals surface area contributed by atoms with Crippen molar-refractivity contribution < 1.29 is 4.79 Å². The zero-order chi connectivity index (χ0) is 13.7. The van der Waals surface area contributed by atoms with E-state index >= 15 is 0 Å². The maximum absolute atomic E-state index is 11.8. The highest BCUT2D eigenvalue weighted by atomic mass is 79.9. The van der Waals surface area contributed by atoms with Crippen molar-refractivity contribution in [3.8, 4) is 0 Å². The van der Waals surface area contributed by atoms with Gasteiger partial charge in [-0.2, -0.15) is 11.8 Å². The van der Waals surface area contributed by atoms with Crippen LogP contribution in [0.4, 0.5) is 5.69 Å². The molecule has 1 aliphatic carbocycles. The first-order valence-corrected chi connectivity index (χ1v) is 8.47. The van der Waals surface area contributed by atoms with Crippen LogP contribution in [0, 0.1) is 0 Å². The van der Waals surface area contributed by atoms with Gasteiger partial charge in [-0.3, -0.25) is 4.79 Å². The number of nitrogens with one attached hydrogen (secondary N) is 2. The fraction of sp³-hybridized carbons (Fsp3) is 0.500. The number of thioether (sulfide) groups is 1. The minimum absolute atomic E-state index is 0.00229. The van der Waals surface area contributed by atoms with E-state index in [0.29, 0.717) is 11.3 Å². The van der Waals surface area contributed by atoms with Crippen LogP contribution in [0.25, 0.3) is 0 Å². The topological polar surface area (TPSA) is 41.1 Å². The Hall–Kier alpha value is -0.520. The van der Waals surface area contributed by atoms with Crippen molar-refractivity contribution >= 4 is 39.3 Å². The summed E-state index contributed by atoms with van der Waals surface area (Å²) in [4.78, 5) is 11.8. The molecular formula is C14H19BrN2OS. The lowest BCUT2D eigenvalue weighted by molar-refractivity contribution is -0.115. The van der Waals surface area contributed by atoms with Crippen molar-refractivity contribution in [3.63, 3.8) is 0 Å². The number of anilines is 1. The molecule has 1 saturated carbocycles. The van der Waals surface area contributed by atoms with Crippen molar-refractivity contribution in [3.05, 3.63) is 28.7 Å². The predicted octanol–water partition coefficient (Wildman–Crippen LogP) is 3.26. The fourth-order valence-corrected chi connectivity index (χ4v) is 3.51. The normalized spacial score (nSPS) is 16.7. The second-order valence-electron chi connectivity index (χ2n) is 4.87. The third-order valence-electron chi connectivity index (χ3n) is 3.58. The zero-order valence-electron chi connectivity index (χ0n) is 11.0. The van der Waals surface area contributed by atoms with Crippen molar-refractivity contribution in [2.45, 2.75) is 24.0 Å². The van der Waals surface area contributed by atoms with Crippen LogP contribution in [-0.4, -0.2) is 30.0 Å². The third-order valence-corrected chi connectivity index (χ3v) is 5.69. The fourth-order valence-electron chi connectivity index (χ4n) is 2.19. The number of amides is 1. The van der Waals surface area contributed by atoms with Gasteiger partial charge < -0.3 is 10.6 Å². The van der Waals surface area contributed by atoms with Crippen LogP contribution in [0.15, 0.2) is 28.7 Å². The van der Waals surface area contributed by atoms with Crippen LogP contribution in [0.5, 0.6) is 0 Å². The number of rotatable bonds is 6. The number of carbonyl (C=O) groups excluding carboxylic acids is 1. The molecular weight excluding hydrogens is 324 g/mol. The highest BCUT2D eigenvalue weighted by Gasteiger charge is 2.35. The van der Waals surface area contributed by atoms with E-state index in [-0.39, 0.29) is 5.91 Å². The van der Waals surface area contributed by atoms with Gasteiger partial charge in [-0.15, -0.1) is 0 Å². The molecule has 5 heteroatoms. The molecule has 1 amide bonds. The van der Waals surface area contributed by atoms with E-state index < -0.39 is 0 Å². The van der Waals surface area contributed by atoms with E-state index in [0.717, 1.165) is 16.7 Å². The van der Waals surface area contributed by atoms with Crippen LogP contribution in [0.2, 0.25) is 0 Å². The zero-order valence-corrected chi connectivity index (χ0v) is 13.4. The van der Waals surface area contributed by atoms with Crippen molar-refractivity contribution in [1.29, 1.82) is 0 Å². The summed E-state index contributed by atoms with van der Waals surface area (Å²) < 4.78 is 1.27. The minimum atomic E-state index is 0.00229. The molecule has 0 radical (unpaired) electrons. The molecule has 0 heterocycles. The number of hydrogen-bond acceptors (Lipinski definition) is 3. The van der Waals surface area contributed by atoms with Crippen LogP contribution < -0.4 is 10.6 Å². The molecule has 0 atom stereocenters. The molecule has 2 rings (SSSR count). The second kappa shape index (κ2) is 6.77. The summed E-state index contributed by atoms with van der Waals surface area (Å²) in [6, 6.07) is 7.64. The van der Waals surface area contributed by atoms with Gasteiger partial charge in [0, 0.05) is 15.8 Å². The van der Waals surface area contributed by atoms with E-state index in [4.69, 9.17) is 0 Å². The molecule has 1 fully saturated rings. The predicted molar refractivity (Wildman–Crippen MR) is 85.7 cm³/mol. The van der Waals surface area contributed by atoms with Gasteiger partial charge in [-0.1, -0.05) is 18.6 Å². The van der Waals surface area contributed by atoms with Crippen LogP contribution in [0.3, 0.4) is 0 Å². The van der Waals surface area contributed by atoms with Crippen molar-refractivity contribution in [2.75, 3.05) is 24.7 Å². The van der Waals surface area contributed by atoms with Gasteiger partial charge in [0.05, 0.1) is 12.2 Å². The van der Waals surface area contributed by atoms with Gasteiger partial charge >= 0.3 is 0 Å². The van der Waals surface area contributed by atoms with Crippen LogP contribution in [-0.2, 0) is 4.79 Å².